The van der Waals surface area contributed by atoms with Crippen LogP contribution in [0.2, 0.25) is 0 Å². The maximum Gasteiger partial charge on any atom is 0.422 e. The van der Waals surface area contributed by atoms with Crippen LogP contribution in [-0.2, 0) is 0 Å². The van der Waals surface area contributed by atoms with Crippen molar-refractivity contribution in [2.75, 3.05) is 17.2 Å². The number of halogens is 3. The topological polar surface area (TPSA) is 98.6 Å². The number of anilines is 4. The van der Waals surface area contributed by atoms with Crippen molar-refractivity contribution in [1.82, 2.24) is 15.0 Å². The van der Waals surface area contributed by atoms with Gasteiger partial charge in [0, 0.05) is 35.2 Å². The number of alkyl halides is 3. The number of ether oxygens (including phenoxy) is 1. The molecule has 0 spiro atoms. The van der Waals surface area contributed by atoms with Crippen molar-refractivity contribution in [1.29, 1.82) is 5.26 Å². The molecule has 0 bridgehead atoms. The molecular weight excluding hydrogens is 409 g/mol. The van der Waals surface area contributed by atoms with Gasteiger partial charge >= 0.3 is 6.18 Å². The zero-order valence-corrected chi connectivity index (χ0v) is 15.9. The second kappa shape index (κ2) is 8.23. The van der Waals surface area contributed by atoms with Crippen LogP contribution in [0.1, 0.15) is 5.69 Å². The van der Waals surface area contributed by atoms with E-state index in [4.69, 9.17) is 0 Å². The summed E-state index contributed by atoms with van der Waals surface area (Å²) in [5.41, 5.74) is 3.00. The molecule has 156 valence electrons. The molecule has 4 rings (SSSR count). The van der Waals surface area contributed by atoms with Gasteiger partial charge in [0.2, 0.25) is 5.88 Å². The largest absolute Gasteiger partial charge is 0.468 e. The summed E-state index contributed by atoms with van der Waals surface area (Å²) in [5, 5.41) is 16.6. The van der Waals surface area contributed by atoms with Crippen molar-refractivity contribution in [3.63, 3.8) is 0 Å². The van der Waals surface area contributed by atoms with Crippen LogP contribution in [0.3, 0.4) is 0 Å². The van der Waals surface area contributed by atoms with Crippen LogP contribution in [0.5, 0.6) is 5.88 Å². The molecule has 1 aromatic carbocycles. The van der Waals surface area contributed by atoms with E-state index in [1.54, 1.807) is 12.1 Å². The molecule has 0 saturated carbocycles. The first-order valence-corrected chi connectivity index (χ1v) is 9.07. The third-order valence-electron chi connectivity index (χ3n) is 4.18. The molecule has 3 heterocycles. The first-order valence-electron chi connectivity index (χ1n) is 9.07. The third-order valence-corrected chi connectivity index (χ3v) is 4.18. The van der Waals surface area contributed by atoms with Crippen LogP contribution in [0.4, 0.5) is 36.1 Å². The molecule has 0 aliphatic carbocycles. The summed E-state index contributed by atoms with van der Waals surface area (Å²) in [7, 11) is 0. The lowest BCUT2D eigenvalue weighted by molar-refractivity contribution is -0.154. The van der Waals surface area contributed by atoms with E-state index in [1.807, 2.05) is 36.5 Å². The molecule has 0 aliphatic heterocycles. The Labute approximate surface area is 174 Å². The number of nitriles is 1. The van der Waals surface area contributed by atoms with E-state index >= 15 is 0 Å². The number of benzene rings is 1. The van der Waals surface area contributed by atoms with Crippen LogP contribution in [0.15, 0.2) is 60.9 Å². The fourth-order valence-corrected chi connectivity index (χ4v) is 2.86. The van der Waals surface area contributed by atoms with Gasteiger partial charge in [0.15, 0.2) is 6.61 Å². The maximum atomic E-state index is 12.2. The molecule has 0 atom stereocenters. The number of fused-ring (bicyclic) bond motifs is 1. The summed E-state index contributed by atoms with van der Waals surface area (Å²) in [6, 6.07) is 15.8. The van der Waals surface area contributed by atoms with E-state index in [1.165, 1.54) is 18.3 Å². The molecule has 10 heteroatoms. The monoisotopic (exact) mass is 424 g/mol. The van der Waals surface area contributed by atoms with Gasteiger partial charge in [0.25, 0.3) is 0 Å². The van der Waals surface area contributed by atoms with Gasteiger partial charge in [0.05, 0.1) is 11.9 Å². The average Bonchev–Trinajstić information content (AvgIpc) is 3.20. The predicted molar refractivity (Wildman–Crippen MR) is 110 cm³/mol. The number of nitrogens with zero attached hydrogens (tertiary/aromatic N) is 3. The van der Waals surface area contributed by atoms with Crippen LogP contribution in [0, 0.1) is 11.3 Å². The number of hydrogen-bond donors (Lipinski definition) is 3. The lowest BCUT2D eigenvalue weighted by atomic mass is 10.2. The molecule has 0 fully saturated rings. The summed E-state index contributed by atoms with van der Waals surface area (Å²) < 4.78 is 41.3. The number of hydrogen-bond acceptors (Lipinski definition) is 6. The Morgan fingerprint density at radius 3 is 2.58 bits per heavy atom. The minimum atomic E-state index is -4.43. The van der Waals surface area contributed by atoms with E-state index in [9.17, 15) is 18.4 Å². The second-order valence-electron chi connectivity index (χ2n) is 6.56. The van der Waals surface area contributed by atoms with Crippen molar-refractivity contribution in [3.8, 4) is 11.9 Å². The van der Waals surface area contributed by atoms with Gasteiger partial charge < -0.3 is 20.4 Å². The lowest BCUT2D eigenvalue weighted by Crippen LogP contribution is -2.19. The molecule has 7 nitrogen and oxygen atoms in total. The van der Waals surface area contributed by atoms with Crippen molar-refractivity contribution >= 4 is 33.8 Å². The van der Waals surface area contributed by atoms with E-state index < -0.39 is 12.8 Å². The lowest BCUT2D eigenvalue weighted by Gasteiger charge is -2.11. The summed E-state index contributed by atoms with van der Waals surface area (Å²) in [4.78, 5) is 11.2. The van der Waals surface area contributed by atoms with Crippen LogP contribution >= 0.6 is 0 Å². The number of H-pyrrole nitrogens is 1. The van der Waals surface area contributed by atoms with Crippen LogP contribution in [0.25, 0.3) is 10.9 Å². The third kappa shape index (κ3) is 5.22. The van der Waals surface area contributed by atoms with Crippen molar-refractivity contribution < 1.29 is 17.9 Å². The highest BCUT2D eigenvalue weighted by molar-refractivity contribution is 5.83. The number of nitrogens with one attached hydrogen (secondary N) is 3. The summed E-state index contributed by atoms with van der Waals surface area (Å²) >= 11 is 0. The Morgan fingerprint density at radius 1 is 1.00 bits per heavy atom. The van der Waals surface area contributed by atoms with Gasteiger partial charge in [-0.25, -0.2) is 9.97 Å². The zero-order chi connectivity index (χ0) is 21.8. The predicted octanol–water partition coefficient (Wildman–Crippen LogP) is 5.26. The Bertz CT molecular complexity index is 1240. The first-order chi connectivity index (χ1) is 14.9. The highest BCUT2D eigenvalue weighted by Crippen LogP contribution is 2.25. The summed E-state index contributed by atoms with van der Waals surface area (Å²) in [6.45, 7) is -1.41. The van der Waals surface area contributed by atoms with Gasteiger partial charge in [-0.05, 0) is 35.7 Å². The Balaban J connectivity index is 1.50. The van der Waals surface area contributed by atoms with E-state index in [-0.39, 0.29) is 11.6 Å². The number of aromatic nitrogens is 3. The van der Waals surface area contributed by atoms with Crippen molar-refractivity contribution in [2.24, 2.45) is 0 Å². The van der Waals surface area contributed by atoms with Gasteiger partial charge in [-0.2, -0.15) is 18.4 Å². The Kier molecular flexibility index (Phi) is 5.32. The number of rotatable bonds is 6. The first kappa shape index (κ1) is 20.0. The molecule has 0 radical (unpaired) electrons. The maximum absolute atomic E-state index is 12.2. The second-order valence-corrected chi connectivity index (χ2v) is 6.56. The molecule has 4 aromatic rings. The highest BCUT2D eigenvalue weighted by atomic mass is 19.4. The minimum absolute atomic E-state index is 0.141. The Morgan fingerprint density at radius 2 is 1.84 bits per heavy atom. The van der Waals surface area contributed by atoms with Crippen LogP contribution in [-0.4, -0.2) is 27.7 Å². The van der Waals surface area contributed by atoms with Crippen molar-refractivity contribution in [2.45, 2.75) is 6.18 Å². The summed E-state index contributed by atoms with van der Waals surface area (Å²) in [6.07, 6.45) is -1.25. The highest BCUT2D eigenvalue weighted by Gasteiger charge is 2.28. The standard InChI is InChI=1S/C21H15F3N6O/c22-21(23,24)12-31-20-4-3-15(11-27-20)28-16-7-17(10-25)30-19(9-16)29-14-2-1-13-5-6-26-18(13)8-14/h1-9,11,26H,12H2,(H2,28,29,30). The number of aromatic amines is 1. The molecule has 3 aromatic heterocycles. The molecule has 0 unspecified atom stereocenters. The quantitative estimate of drug-likeness (QED) is 0.391. The van der Waals surface area contributed by atoms with Gasteiger partial charge in [-0.3, -0.25) is 0 Å². The molecule has 31 heavy (non-hydrogen) atoms. The molecule has 0 aliphatic rings. The SMILES string of the molecule is N#Cc1cc(Nc2ccc(OCC(F)(F)F)nc2)cc(Nc2ccc3cc[nH]c3c2)n1. The average molecular weight is 424 g/mol. The van der Waals surface area contributed by atoms with Gasteiger partial charge in [0.1, 0.15) is 17.6 Å². The fourth-order valence-electron chi connectivity index (χ4n) is 2.86. The van der Waals surface area contributed by atoms with Crippen molar-refractivity contribution in [3.05, 3.63) is 66.6 Å². The Hall–Kier alpha value is -4.26. The summed E-state index contributed by atoms with van der Waals surface area (Å²) in [5.74, 6) is 0.308. The number of pyridine rings is 2. The fraction of sp³-hybridized carbons (Fsp3) is 0.0952. The molecule has 3 N–H and O–H groups in total. The smallest absolute Gasteiger partial charge is 0.422 e. The zero-order valence-electron chi connectivity index (χ0n) is 15.9. The normalized spacial score (nSPS) is 11.2. The van der Waals surface area contributed by atoms with Gasteiger partial charge in [-0.15, -0.1) is 0 Å². The molecule has 0 amide bonds. The van der Waals surface area contributed by atoms with E-state index in [0.29, 0.717) is 17.2 Å². The van der Waals surface area contributed by atoms with Crippen LogP contribution < -0.4 is 15.4 Å². The molecule has 0 saturated heterocycles. The minimum Gasteiger partial charge on any atom is -0.468 e. The molecular formula is C21H15F3N6O. The van der Waals surface area contributed by atoms with E-state index in [0.717, 1.165) is 16.6 Å². The van der Waals surface area contributed by atoms with Gasteiger partial charge in [-0.1, -0.05) is 6.07 Å². The van der Waals surface area contributed by atoms with E-state index in [2.05, 4.69) is 30.3 Å².